The summed E-state index contributed by atoms with van der Waals surface area (Å²) in [7, 11) is 0. The highest BCUT2D eigenvalue weighted by atomic mass is 35.5. The molecule has 158 valence electrons. The van der Waals surface area contributed by atoms with E-state index in [4.69, 9.17) is 27.9 Å². The Hall–Kier alpha value is -1.92. The molecule has 1 N–H and O–H groups in total. The van der Waals surface area contributed by atoms with Gasteiger partial charge < -0.3 is 10.1 Å². The lowest BCUT2D eigenvalue weighted by molar-refractivity contribution is -0.150. The van der Waals surface area contributed by atoms with Crippen LogP contribution in [0.2, 0.25) is 0 Å². The fraction of sp³-hybridized carbons (Fsp3) is 0.500. The van der Waals surface area contributed by atoms with Crippen LogP contribution in [0, 0.1) is 20.8 Å². The van der Waals surface area contributed by atoms with Crippen LogP contribution in [-0.2, 0) is 14.3 Å². The summed E-state index contributed by atoms with van der Waals surface area (Å²) in [4.78, 5) is 46.6. The van der Waals surface area contributed by atoms with Crippen LogP contribution < -0.4 is 5.32 Å². The second-order valence-corrected chi connectivity index (χ2v) is 5.97. The summed E-state index contributed by atoms with van der Waals surface area (Å²) < 4.78 is 4.81. The van der Waals surface area contributed by atoms with E-state index in [9.17, 15) is 19.2 Å². The van der Waals surface area contributed by atoms with Crippen LogP contribution in [0.5, 0.6) is 0 Å². The highest BCUT2D eigenvalue weighted by molar-refractivity contribution is 6.69. The Morgan fingerprint density at radius 2 is 1.18 bits per heavy atom. The Balaban J connectivity index is 0. The molecule has 0 bridgehead atoms. The van der Waals surface area contributed by atoms with Crippen molar-refractivity contribution in [2.24, 2.45) is 0 Å². The van der Waals surface area contributed by atoms with Gasteiger partial charge in [0.25, 0.3) is 16.4 Å². The fourth-order valence-corrected chi connectivity index (χ4v) is 3.09. The molecule has 0 spiro atoms. The number of halogens is 2. The number of carbonyl (C=O) groups excluding carboxylic acids is 4. The number of hydrogen-bond acceptors (Lipinski definition) is 5. The van der Waals surface area contributed by atoms with E-state index in [1.807, 2.05) is 27.7 Å². The van der Waals surface area contributed by atoms with Gasteiger partial charge in [0.05, 0.1) is 0 Å². The van der Waals surface area contributed by atoms with Crippen LogP contribution in [0.3, 0.4) is 0 Å². The van der Waals surface area contributed by atoms with E-state index < -0.39 is 28.5 Å². The average Bonchev–Trinajstić information content (AvgIpc) is 2.60. The maximum atomic E-state index is 12.2. The minimum absolute atomic E-state index is 0.0988. The Kier molecular flexibility index (Phi) is 13.4. The first-order chi connectivity index (χ1) is 13.0. The van der Waals surface area contributed by atoms with Crippen molar-refractivity contribution in [3.8, 4) is 0 Å². The molecule has 0 aliphatic heterocycles. The summed E-state index contributed by atoms with van der Waals surface area (Å²) in [6, 6.07) is 0. The quantitative estimate of drug-likeness (QED) is 0.501. The molecule has 0 fully saturated rings. The Bertz CT molecular complexity index is 704. The SMILES string of the molecule is CC.CC.CC(=O)OC(C)C(=O)Nc1c(C)c(C(=O)Cl)c(C)c(C(=O)Cl)c1C. The molecule has 0 radical (unpaired) electrons. The largest absolute Gasteiger partial charge is 0.453 e. The third-order valence-corrected chi connectivity index (χ3v) is 3.98. The van der Waals surface area contributed by atoms with Gasteiger partial charge in [0.2, 0.25) is 0 Å². The second kappa shape index (κ2) is 13.3. The van der Waals surface area contributed by atoms with Gasteiger partial charge in [-0.1, -0.05) is 27.7 Å². The lowest BCUT2D eigenvalue weighted by atomic mass is 9.92. The highest BCUT2D eigenvalue weighted by Crippen LogP contribution is 2.33. The number of benzene rings is 1. The van der Waals surface area contributed by atoms with Crippen molar-refractivity contribution in [2.45, 2.75) is 68.4 Å². The molecule has 0 heterocycles. The van der Waals surface area contributed by atoms with Crippen LogP contribution in [-0.4, -0.2) is 28.5 Å². The van der Waals surface area contributed by atoms with Crippen LogP contribution in [0.1, 0.15) is 78.9 Å². The molecule has 8 heteroatoms. The van der Waals surface area contributed by atoms with Crippen LogP contribution in [0.15, 0.2) is 0 Å². The van der Waals surface area contributed by atoms with Gasteiger partial charge in [-0.05, 0) is 67.6 Å². The van der Waals surface area contributed by atoms with Crippen LogP contribution in [0.25, 0.3) is 0 Å². The molecule has 0 aliphatic rings. The minimum Gasteiger partial charge on any atom is -0.453 e. The Labute approximate surface area is 176 Å². The predicted molar refractivity (Wildman–Crippen MR) is 114 cm³/mol. The molecule has 0 saturated heterocycles. The number of rotatable bonds is 5. The van der Waals surface area contributed by atoms with E-state index in [1.54, 1.807) is 20.8 Å². The zero-order valence-corrected chi connectivity index (χ0v) is 19.4. The molecule has 1 aromatic carbocycles. The van der Waals surface area contributed by atoms with E-state index in [0.29, 0.717) is 16.7 Å². The molecule has 0 aliphatic carbocycles. The van der Waals surface area contributed by atoms with Gasteiger partial charge in [0, 0.05) is 23.7 Å². The van der Waals surface area contributed by atoms with Gasteiger partial charge in [-0.2, -0.15) is 0 Å². The number of amides is 1. The Morgan fingerprint density at radius 1 is 0.821 bits per heavy atom. The number of ether oxygens (including phenoxy) is 1. The number of anilines is 1. The molecule has 6 nitrogen and oxygen atoms in total. The smallest absolute Gasteiger partial charge is 0.303 e. The molecule has 28 heavy (non-hydrogen) atoms. The third-order valence-electron chi connectivity index (χ3n) is 3.60. The lowest BCUT2D eigenvalue weighted by Gasteiger charge is -2.20. The predicted octanol–water partition coefficient (Wildman–Crippen LogP) is 5.31. The van der Waals surface area contributed by atoms with E-state index in [-0.39, 0.29) is 16.8 Å². The van der Waals surface area contributed by atoms with Gasteiger partial charge in [0.15, 0.2) is 6.10 Å². The fourth-order valence-electron chi connectivity index (χ4n) is 2.52. The van der Waals surface area contributed by atoms with E-state index in [0.717, 1.165) is 0 Å². The number of hydrogen-bond donors (Lipinski definition) is 1. The first-order valence-corrected chi connectivity index (χ1v) is 9.76. The standard InChI is InChI=1S/C16H17Cl2NO5.2C2H6/c1-6-11(14(17)21)7(2)13(8(3)12(6)15(18)22)19-16(23)9(4)24-10(5)20;2*1-2/h9H,1-5H3,(H,19,23);2*1-2H3. The number of nitrogens with one attached hydrogen (secondary N) is 1. The molecule has 1 amide bonds. The van der Waals surface area contributed by atoms with Crippen molar-refractivity contribution in [1.29, 1.82) is 0 Å². The highest BCUT2D eigenvalue weighted by Gasteiger charge is 2.26. The van der Waals surface area contributed by atoms with Crippen LogP contribution >= 0.6 is 23.2 Å². The molecule has 0 aromatic heterocycles. The third kappa shape index (κ3) is 7.24. The summed E-state index contributed by atoms with van der Waals surface area (Å²) >= 11 is 11.2. The van der Waals surface area contributed by atoms with Crippen molar-refractivity contribution in [3.05, 3.63) is 27.8 Å². The number of carbonyl (C=O) groups is 4. The lowest BCUT2D eigenvalue weighted by Crippen LogP contribution is -2.30. The topological polar surface area (TPSA) is 89.5 Å². The van der Waals surface area contributed by atoms with Gasteiger partial charge in [0.1, 0.15) is 0 Å². The van der Waals surface area contributed by atoms with E-state index in [2.05, 4.69) is 5.32 Å². The average molecular weight is 434 g/mol. The normalized spacial score (nSPS) is 10.4. The summed E-state index contributed by atoms with van der Waals surface area (Å²) in [6.07, 6.45) is -1.05. The molecule has 0 saturated carbocycles. The van der Waals surface area contributed by atoms with Crippen molar-refractivity contribution in [2.75, 3.05) is 5.32 Å². The molecule has 1 rings (SSSR count). The Morgan fingerprint density at radius 3 is 1.46 bits per heavy atom. The molecule has 1 atom stereocenters. The first-order valence-electron chi connectivity index (χ1n) is 9.00. The summed E-state index contributed by atoms with van der Waals surface area (Å²) in [5.41, 5.74) is 1.57. The molecule has 1 unspecified atom stereocenters. The zero-order chi connectivity index (χ0) is 22.8. The summed E-state index contributed by atoms with van der Waals surface area (Å²) in [6.45, 7) is 15.3. The maximum absolute atomic E-state index is 12.2. The van der Waals surface area contributed by atoms with Gasteiger partial charge >= 0.3 is 5.97 Å². The monoisotopic (exact) mass is 433 g/mol. The zero-order valence-electron chi connectivity index (χ0n) is 17.9. The van der Waals surface area contributed by atoms with Crippen LogP contribution in [0.4, 0.5) is 5.69 Å². The summed E-state index contributed by atoms with van der Waals surface area (Å²) in [5, 5.41) is 1.02. The molecule has 1 aromatic rings. The van der Waals surface area contributed by atoms with Crippen molar-refractivity contribution < 1.29 is 23.9 Å². The van der Waals surface area contributed by atoms with Crippen molar-refractivity contribution >= 4 is 51.3 Å². The number of esters is 1. The first kappa shape index (κ1) is 28.3. The van der Waals surface area contributed by atoms with Gasteiger partial charge in [-0.15, -0.1) is 0 Å². The minimum atomic E-state index is -1.05. The van der Waals surface area contributed by atoms with E-state index >= 15 is 0 Å². The van der Waals surface area contributed by atoms with Gasteiger partial charge in [-0.3, -0.25) is 19.2 Å². The summed E-state index contributed by atoms with van der Waals surface area (Å²) in [5.74, 6) is -1.22. The molecular formula is C20H29Cl2NO5. The van der Waals surface area contributed by atoms with E-state index in [1.165, 1.54) is 13.8 Å². The molecular weight excluding hydrogens is 405 g/mol. The van der Waals surface area contributed by atoms with Gasteiger partial charge in [-0.25, -0.2) is 0 Å². The maximum Gasteiger partial charge on any atom is 0.303 e. The van der Waals surface area contributed by atoms with Crippen molar-refractivity contribution in [3.63, 3.8) is 0 Å². The second-order valence-electron chi connectivity index (χ2n) is 5.29. The van der Waals surface area contributed by atoms with Crippen molar-refractivity contribution in [1.82, 2.24) is 0 Å².